The van der Waals surface area contributed by atoms with Crippen LogP contribution in [0.15, 0.2) is 18.2 Å². The zero-order valence-corrected chi connectivity index (χ0v) is 20.4. The molecule has 1 saturated heterocycles. The topological polar surface area (TPSA) is 129 Å². The first-order valence-corrected chi connectivity index (χ1v) is 11.9. The molecule has 0 radical (unpaired) electrons. The monoisotopic (exact) mass is 503 g/mol. The van der Waals surface area contributed by atoms with E-state index in [-0.39, 0.29) is 28.5 Å². The van der Waals surface area contributed by atoms with Crippen LogP contribution in [-0.2, 0) is 16.1 Å². The second-order valence-corrected chi connectivity index (χ2v) is 9.72. The van der Waals surface area contributed by atoms with Crippen LogP contribution < -0.4 is 11.1 Å². The number of halogens is 1. The van der Waals surface area contributed by atoms with E-state index in [1.54, 1.807) is 18.9 Å². The lowest BCUT2D eigenvalue weighted by Crippen LogP contribution is -2.47. The molecule has 2 aromatic rings. The molecule has 35 heavy (non-hydrogen) atoms. The van der Waals surface area contributed by atoms with Crippen LogP contribution in [0, 0.1) is 18.7 Å². The number of hydrogen-bond donors (Lipinski definition) is 2. The van der Waals surface area contributed by atoms with Gasteiger partial charge in [0.05, 0.1) is 13.0 Å². The average molecular weight is 504 g/mol. The minimum Gasteiger partial charge on any atom is -0.365 e. The number of hydrogen-bond acceptors (Lipinski definition) is 7. The van der Waals surface area contributed by atoms with Crippen molar-refractivity contribution in [3.8, 4) is 0 Å². The van der Waals surface area contributed by atoms with Crippen molar-refractivity contribution in [1.82, 2.24) is 25.2 Å². The Bertz CT molecular complexity index is 1260. The lowest BCUT2D eigenvalue weighted by molar-refractivity contribution is -0.148. The van der Waals surface area contributed by atoms with E-state index in [0.717, 1.165) is 11.3 Å². The number of primary amides is 1. The van der Waals surface area contributed by atoms with E-state index in [0.29, 0.717) is 30.8 Å². The highest BCUT2D eigenvalue weighted by molar-refractivity contribution is 7.15. The quantitative estimate of drug-likeness (QED) is 0.610. The van der Waals surface area contributed by atoms with Gasteiger partial charge in [0, 0.05) is 33.2 Å². The Hall–Kier alpha value is -3.38. The summed E-state index contributed by atoms with van der Waals surface area (Å²) in [7, 11) is 1.49. The molecule has 1 aromatic carbocycles. The van der Waals surface area contributed by atoms with Gasteiger partial charge in [-0.2, -0.15) is 0 Å². The lowest BCUT2D eigenvalue weighted by Gasteiger charge is -2.28. The zero-order chi connectivity index (χ0) is 26.4. The van der Waals surface area contributed by atoms with Crippen molar-refractivity contribution < 1.29 is 24.9 Å². The van der Waals surface area contributed by atoms with Gasteiger partial charge in [0.15, 0.2) is 5.01 Å². The van der Waals surface area contributed by atoms with Gasteiger partial charge in [0.25, 0.3) is 17.7 Å². The van der Waals surface area contributed by atoms with E-state index in [1.807, 2.05) is 0 Å². The molecule has 4 amide bonds. The highest BCUT2D eigenvalue weighted by Gasteiger charge is 2.39. The summed E-state index contributed by atoms with van der Waals surface area (Å²) in [4.78, 5) is 56.5. The number of fused-ring (bicyclic) bond motifs is 2. The van der Waals surface area contributed by atoms with Gasteiger partial charge in [-0.15, -0.1) is 11.3 Å². The van der Waals surface area contributed by atoms with E-state index in [4.69, 9.17) is 7.10 Å². The molecule has 3 heterocycles. The molecule has 186 valence electrons. The van der Waals surface area contributed by atoms with Gasteiger partial charge in [0.2, 0.25) is 5.91 Å². The minimum atomic E-state index is -2.15. The van der Waals surface area contributed by atoms with Gasteiger partial charge in [-0.05, 0) is 36.6 Å². The summed E-state index contributed by atoms with van der Waals surface area (Å²) >= 11 is 0.879. The molecule has 0 saturated carbocycles. The van der Waals surface area contributed by atoms with Crippen LogP contribution in [0.4, 0.5) is 4.39 Å². The Morgan fingerprint density at radius 2 is 2.14 bits per heavy atom. The lowest BCUT2D eigenvalue weighted by atomic mass is 9.98. The zero-order valence-electron chi connectivity index (χ0n) is 20.6. The van der Waals surface area contributed by atoms with Gasteiger partial charge in [-0.25, -0.2) is 14.4 Å². The van der Waals surface area contributed by atoms with Gasteiger partial charge in [0.1, 0.15) is 16.7 Å². The van der Waals surface area contributed by atoms with E-state index in [2.05, 4.69) is 10.3 Å². The number of carbonyl (C=O) groups excluding carboxylic acids is 4. The van der Waals surface area contributed by atoms with Crippen LogP contribution in [0.5, 0.6) is 0 Å². The summed E-state index contributed by atoms with van der Waals surface area (Å²) in [5.41, 5.74) is 6.32. The van der Waals surface area contributed by atoms with Gasteiger partial charge in [-0.1, -0.05) is 13.0 Å². The molecular formula is C23H27FN6O4S. The molecule has 0 unspecified atom stereocenters. The summed E-state index contributed by atoms with van der Waals surface area (Å²) in [5, 5.41) is 5.82. The Labute approximate surface area is 207 Å². The van der Waals surface area contributed by atoms with Crippen LogP contribution >= 0.6 is 11.3 Å². The number of aryl methyl sites for hydroxylation is 1. The van der Waals surface area contributed by atoms with E-state index >= 15 is 0 Å². The maximum Gasteiger partial charge on any atom is 0.282 e. The number of carbonyl (C=O) groups is 4. The molecule has 4 rings (SSSR count). The van der Waals surface area contributed by atoms with Crippen molar-refractivity contribution in [2.75, 3.05) is 26.7 Å². The van der Waals surface area contributed by atoms with Crippen LogP contribution in [0.25, 0.3) is 0 Å². The smallest absolute Gasteiger partial charge is 0.282 e. The first-order chi connectivity index (χ1) is 16.9. The number of hydrazine groups is 1. The van der Waals surface area contributed by atoms with Crippen molar-refractivity contribution in [3.05, 3.63) is 50.7 Å². The van der Waals surface area contributed by atoms with Crippen LogP contribution in [0.2, 0.25) is 0 Å². The summed E-state index contributed by atoms with van der Waals surface area (Å²) in [6.07, 6.45) is 0.706. The standard InChI is InChI=1S/C23H27FN6O4S/c1-12(10-28(3)23(34)21-26-13(2)18(35-21)19(25)31)20(32)27-17-16-6-5-15(24)9-14(16)11-29-7-4-8-30(29)22(17)33/h5-6,9,12,17H,4,7-8,10-11H2,1-3H3,(H2,25,31)(H,27,32)/t12-,17+/m1/s1/i17D. The SMILES string of the molecule is [2H][C@@]1(NC(=O)[C@H](C)CN(C)C(=O)c2nc(C)c(C(N)=O)s2)C(=O)N2CCCN2Cc2cc(F)ccc21. The fourth-order valence-corrected chi connectivity index (χ4v) is 5.17. The molecular weight excluding hydrogens is 475 g/mol. The second-order valence-electron chi connectivity index (χ2n) is 8.72. The number of aromatic nitrogens is 1. The van der Waals surface area contributed by atoms with Gasteiger partial charge < -0.3 is 16.0 Å². The summed E-state index contributed by atoms with van der Waals surface area (Å²) < 4.78 is 23.1. The van der Waals surface area contributed by atoms with Crippen LogP contribution in [0.3, 0.4) is 0 Å². The number of thiazole rings is 1. The summed E-state index contributed by atoms with van der Waals surface area (Å²) in [6.45, 7) is 4.35. The fraction of sp³-hybridized carbons (Fsp3) is 0.435. The predicted molar refractivity (Wildman–Crippen MR) is 126 cm³/mol. The number of rotatable bonds is 6. The highest BCUT2D eigenvalue weighted by Crippen LogP contribution is 2.30. The maximum absolute atomic E-state index is 14.0. The molecule has 1 aromatic heterocycles. The van der Waals surface area contributed by atoms with E-state index < -0.39 is 41.4 Å². The molecule has 3 N–H and O–H groups in total. The molecule has 2 aliphatic rings. The van der Waals surface area contributed by atoms with Crippen LogP contribution in [-0.4, -0.2) is 70.2 Å². The number of nitrogens with one attached hydrogen (secondary N) is 1. The molecule has 0 aliphatic carbocycles. The Morgan fingerprint density at radius 3 is 2.83 bits per heavy atom. The molecule has 2 aliphatic heterocycles. The highest BCUT2D eigenvalue weighted by atomic mass is 32.1. The largest absolute Gasteiger partial charge is 0.365 e. The van der Waals surface area contributed by atoms with Gasteiger partial charge in [-0.3, -0.25) is 24.2 Å². The molecule has 12 heteroatoms. The fourth-order valence-electron chi connectivity index (χ4n) is 4.26. The maximum atomic E-state index is 14.0. The third kappa shape index (κ3) is 4.89. The normalized spacial score (nSPS) is 21.0. The first kappa shape index (κ1) is 23.4. The number of amides is 4. The van der Waals surface area contributed by atoms with E-state index in [9.17, 15) is 23.6 Å². The van der Waals surface area contributed by atoms with Crippen molar-refractivity contribution in [2.24, 2.45) is 11.7 Å². The first-order valence-electron chi connectivity index (χ1n) is 11.6. The second kappa shape index (κ2) is 9.70. The van der Waals surface area contributed by atoms with E-state index in [1.165, 1.54) is 35.2 Å². The minimum absolute atomic E-state index is 0.0361. The Kier molecular flexibility index (Phi) is 6.48. The summed E-state index contributed by atoms with van der Waals surface area (Å²) in [5.74, 6) is -3.69. The Balaban J connectivity index is 1.53. The van der Waals surface area contributed by atoms with Gasteiger partial charge >= 0.3 is 0 Å². The molecule has 2 atom stereocenters. The summed E-state index contributed by atoms with van der Waals surface area (Å²) in [6, 6.07) is 1.66. The molecule has 0 bridgehead atoms. The molecule has 1 fully saturated rings. The third-order valence-corrected chi connectivity index (χ3v) is 7.22. The van der Waals surface area contributed by atoms with Crippen molar-refractivity contribution in [1.29, 1.82) is 0 Å². The number of nitrogens with two attached hydrogens (primary N) is 1. The molecule has 10 nitrogen and oxygen atoms in total. The number of nitrogens with zero attached hydrogens (tertiary/aromatic N) is 4. The Morgan fingerprint density at radius 1 is 1.40 bits per heavy atom. The average Bonchev–Trinajstić information content (AvgIpc) is 3.42. The van der Waals surface area contributed by atoms with Crippen molar-refractivity contribution >= 4 is 35.0 Å². The number of benzene rings is 1. The predicted octanol–water partition coefficient (Wildman–Crippen LogP) is 1.22. The van der Waals surface area contributed by atoms with Crippen LogP contribution in [0.1, 0.15) is 57.0 Å². The molecule has 0 spiro atoms. The third-order valence-electron chi connectivity index (χ3n) is 6.06. The van der Waals surface area contributed by atoms with Crippen molar-refractivity contribution in [2.45, 2.75) is 32.8 Å². The van der Waals surface area contributed by atoms with Crippen molar-refractivity contribution in [3.63, 3.8) is 0 Å².